The highest BCUT2D eigenvalue weighted by Crippen LogP contribution is 2.28. The van der Waals surface area contributed by atoms with Crippen LogP contribution in [0, 0.1) is 5.82 Å². The Morgan fingerprint density at radius 1 is 1.14 bits per heavy atom. The van der Waals surface area contributed by atoms with Gasteiger partial charge in [0.2, 0.25) is 0 Å². The molecule has 0 amide bonds. The summed E-state index contributed by atoms with van der Waals surface area (Å²) >= 11 is 1.73. The van der Waals surface area contributed by atoms with Gasteiger partial charge in [-0.3, -0.25) is 0 Å². The summed E-state index contributed by atoms with van der Waals surface area (Å²) in [4.78, 5) is 2.44. The monoisotopic (exact) mass is 302 g/mol. The van der Waals surface area contributed by atoms with E-state index in [1.165, 1.54) is 17.0 Å². The Morgan fingerprint density at radius 2 is 1.90 bits per heavy atom. The van der Waals surface area contributed by atoms with Crippen LogP contribution in [0.25, 0.3) is 10.4 Å². The van der Waals surface area contributed by atoms with E-state index < -0.39 is 0 Å². The van der Waals surface area contributed by atoms with Crippen molar-refractivity contribution < 1.29 is 9.50 Å². The first-order chi connectivity index (χ1) is 10.2. The molecule has 0 fully saturated rings. The molecule has 21 heavy (non-hydrogen) atoms. The predicted octanol–water partition coefficient (Wildman–Crippen LogP) is 4.98. The zero-order valence-electron chi connectivity index (χ0n) is 11.9. The van der Waals surface area contributed by atoms with Crippen LogP contribution in [0.15, 0.2) is 60.7 Å². The molecule has 1 N–H and O–H groups in total. The van der Waals surface area contributed by atoms with Crippen LogP contribution < -0.4 is 0 Å². The summed E-state index contributed by atoms with van der Waals surface area (Å²) in [7, 11) is 0. The average molecular weight is 302 g/mol. The maximum absolute atomic E-state index is 12.9. The molecule has 0 aliphatic carbocycles. The van der Waals surface area contributed by atoms with Gasteiger partial charge in [0.15, 0.2) is 0 Å². The first-order valence-corrected chi connectivity index (χ1v) is 7.78. The SMILES string of the molecule is C=C(CO)CC/C=C/Cc1ccc(-c2ccc(F)cc2)s1. The summed E-state index contributed by atoms with van der Waals surface area (Å²) in [6.07, 6.45) is 6.91. The van der Waals surface area contributed by atoms with E-state index >= 15 is 0 Å². The van der Waals surface area contributed by atoms with Crippen molar-refractivity contribution in [3.8, 4) is 10.4 Å². The molecule has 0 saturated carbocycles. The molecule has 1 nitrogen and oxygen atoms in total. The molecule has 0 spiro atoms. The van der Waals surface area contributed by atoms with E-state index in [2.05, 4.69) is 30.9 Å². The van der Waals surface area contributed by atoms with E-state index in [-0.39, 0.29) is 12.4 Å². The van der Waals surface area contributed by atoms with Crippen LogP contribution in [0.3, 0.4) is 0 Å². The minimum atomic E-state index is -0.206. The number of rotatable bonds is 7. The van der Waals surface area contributed by atoms with Crippen molar-refractivity contribution in [1.29, 1.82) is 0 Å². The van der Waals surface area contributed by atoms with Crippen molar-refractivity contribution in [2.45, 2.75) is 19.3 Å². The number of aliphatic hydroxyl groups excluding tert-OH is 1. The Labute approximate surface area is 129 Å². The maximum Gasteiger partial charge on any atom is 0.123 e. The molecule has 110 valence electrons. The van der Waals surface area contributed by atoms with Gasteiger partial charge in [0, 0.05) is 9.75 Å². The summed E-state index contributed by atoms with van der Waals surface area (Å²) < 4.78 is 12.9. The third-order valence-corrected chi connectivity index (χ3v) is 4.32. The molecule has 0 atom stereocenters. The number of hydrogen-bond acceptors (Lipinski definition) is 2. The fraction of sp³-hybridized carbons (Fsp3) is 0.222. The second-order valence-electron chi connectivity index (χ2n) is 4.90. The van der Waals surface area contributed by atoms with Gasteiger partial charge in [-0.15, -0.1) is 11.3 Å². The molecule has 0 unspecified atom stereocenters. The van der Waals surface area contributed by atoms with Crippen LogP contribution in [0.1, 0.15) is 17.7 Å². The molecular weight excluding hydrogens is 283 g/mol. The van der Waals surface area contributed by atoms with Crippen molar-refractivity contribution in [2.24, 2.45) is 0 Å². The Morgan fingerprint density at radius 3 is 2.62 bits per heavy atom. The number of allylic oxidation sites excluding steroid dienone is 2. The van der Waals surface area contributed by atoms with Crippen LogP contribution in [0.2, 0.25) is 0 Å². The molecule has 2 aromatic rings. The van der Waals surface area contributed by atoms with Gasteiger partial charge in [-0.1, -0.05) is 36.4 Å². The Bertz CT molecular complexity index is 610. The molecule has 1 aromatic carbocycles. The van der Waals surface area contributed by atoms with Gasteiger partial charge in [0.25, 0.3) is 0 Å². The summed E-state index contributed by atoms with van der Waals surface area (Å²) in [5.41, 5.74) is 1.92. The summed E-state index contributed by atoms with van der Waals surface area (Å²) in [6.45, 7) is 3.83. The number of thiophene rings is 1. The molecule has 1 aromatic heterocycles. The van der Waals surface area contributed by atoms with E-state index in [0.717, 1.165) is 35.3 Å². The van der Waals surface area contributed by atoms with Crippen LogP contribution in [0.5, 0.6) is 0 Å². The van der Waals surface area contributed by atoms with Gasteiger partial charge in [-0.2, -0.15) is 0 Å². The highest BCUT2D eigenvalue weighted by Gasteiger charge is 2.02. The van der Waals surface area contributed by atoms with Gasteiger partial charge >= 0.3 is 0 Å². The van der Waals surface area contributed by atoms with Crippen LogP contribution in [0.4, 0.5) is 4.39 Å². The molecular formula is C18H19FOS. The molecule has 0 aliphatic rings. The topological polar surface area (TPSA) is 20.2 Å². The van der Waals surface area contributed by atoms with Gasteiger partial charge in [0.05, 0.1) is 6.61 Å². The Hall–Kier alpha value is -1.71. The van der Waals surface area contributed by atoms with Crippen molar-refractivity contribution in [1.82, 2.24) is 0 Å². The quantitative estimate of drug-likeness (QED) is 0.715. The average Bonchev–Trinajstić information content (AvgIpc) is 2.96. The molecule has 0 radical (unpaired) electrons. The standard InChI is InChI=1S/C18H19FOS/c1-14(13-20)5-3-2-4-6-17-11-12-18(21-17)15-7-9-16(19)10-8-15/h2,4,7-12,20H,1,3,5-6,13H2/b4-2+. The maximum atomic E-state index is 12.9. The molecule has 3 heteroatoms. The van der Waals surface area contributed by atoms with Crippen LogP contribution in [-0.2, 0) is 6.42 Å². The minimum Gasteiger partial charge on any atom is -0.392 e. The zero-order chi connectivity index (χ0) is 15.1. The highest BCUT2D eigenvalue weighted by atomic mass is 32.1. The molecule has 0 aliphatic heterocycles. The number of benzene rings is 1. The lowest BCUT2D eigenvalue weighted by Crippen LogP contribution is -1.86. The smallest absolute Gasteiger partial charge is 0.123 e. The van der Waals surface area contributed by atoms with Gasteiger partial charge in [0.1, 0.15) is 5.82 Å². The van der Waals surface area contributed by atoms with E-state index in [0.29, 0.717) is 0 Å². The van der Waals surface area contributed by atoms with Crippen molar-refractivity contribution >= 4 is 11.3 Å². The molecule has 0 bridgehead atoms. The normalized spacial score (nSPS) is 11.1. The number of hydrogen-bond donors (Lipinski definition) is 1. The number of aliphatic hydroxyl groups is 1. The first kappa shape index (κ1) is 15.7. The second-order valence-corrected chi connectivity index (χ2v) is 6.06. The zero-order valence-corrected chi connectivity index (χ0v) is 12.7. The molecule has 0 saturated heterocycles. The Balaban J connectivity index is 1.87. The van der Waals surface area contributed by atoms with E-state index in [4.69, 9.17) is 5.11 Å². The predicted molar refractivity (Wildman–Crippen MR) is 88.0 cm³/mol. The number of halogens is 1. The van der Waals surface area contributed by atoms with Crippen molar-refractivity contribution in [2.75, 3.05) is 6.61 Å². The van der Waals surface area contributed by atoms with Gasteiger partial charge in [-0.25, -0.2) is 4.39 Å². The third kappa shape index (κ3) is 4.96. The van der Waals surface area contributed by atoms with Crippen molar-refractivity contribution in [3.63, 3.8) is 0 Å². The lowest BCUT2D eigenvalue weighted by atomic mass is 10.1. The summed E-state index contributed by atoms with van der Waals surface area (Å²) in [6, 6.07) is 10.8. The Kier molecular flexibility index (Phi) is 5.90. The fourth-order valence-electron chi connectivity index (χ4n) is 1.94. The third-order valence-electron chi connectivity index (χ3n) is 3.16. The largest absolute Gasteiger partial charge is 0.392 e. The van der Waals surface area contributed by atoms with Gasteiger partial charge in [-0.05, 0) is 49.1 Å². The van der Waals surface area contributed by atoms with Crippen molar-refractivity contribution in [3.05, 3.63) is 71.4 Å². The molecule has 1 heterocycles. The van der Waals surface area contributed by atoms with E-state index in [9.17, 15) is 4.39 Å². The minimum absolute atomic E-state index is 0.0692. The van der Waals surface area contributed by atoms with Crippen LogP contribution in [-0.4, -0.2) is 11.7 Å². The highest BCUT2D eigenvalue weighted by molar-refractivity contribution is 7.15. The summed E-state index contributed by atoms with van der Waals surface area (Å²) in [5, 5.41) is 8.85. The summed E-state index contributed by atoms with van der Waals surface area (Å²) in [5.74, 6) is -0.206. The van der Waals surface area contributed by atoms with E-state index in [1.807, 2.05) is 0 Å². The van der Waals surface area contributed by atoms with Gasteiger partial charge < -0.3 is 5.11 Å². The first-order valence-electron chi connectivity index (χ1n) is 6.96. The lowest BCUT2D eigenvalue weighted by molar-refractivity contribution is 0.327. The lowest BCUT2D eigenvalue weighted by Gasteiger charge is -1.97. The van der Waals surface area contributed by atoms with E-state index in [1.54, 1.807) is 23.5 Å². The second kappa shape index (κ2) is 7.91. The molecule has 2 rings (SSSR count). The fourth-order valence-corrected chi connectivity index (χ4v) is 2.93. The van der Waals surface area contributed by atoms with Crippen LogP contribution >= 0.6 is 11.3 Å².